The van der Waals surface area contributed by atoms with E-state index in [-0.39, 0.29) is 0 Å². The number of halogens is 1. The molecular weight excluding hydrogens is 258 g/mol. The molecule has 2 nitrogen and oxygen atoms in total. The predicted molar refractivity (Wildman–Crippen MR) is 81.9 cm³/mol. The van der Waals surface area contributed by atoms with Crippen LogP contribution >= 0.6 is 11.6 Å². The number of anilines is 1. The van der Waals surface area contributed by atoms with Crippen LogP contribution < -0.4 is 4.90 Å². The lowest BCUT2D eigenvalue weighted by Gasteiger charge is -2.28. The fourth-order valence-corrected chi connectivity index (χ4v) is 3.29. The van der Waals surface area contributed by atoms with Gasteiger partial charge in [-0.2, -0.15) is 0 Å². The Morgan fingerprint density at radius 2 is 2.00 bits per heavy atom. The summed E-state index contributed by atoms with van der Waals surface area (Å²) in [5.41, 5.74) is 1.94. The summed E-state index contributed by atoms with van der Waals surface area (Å²) in [6.45, 7) is 2.84. The molecule has 1 aromatic carbocycles. The highest BCUT2D eigenvalue weighted by Crippen LogP contribution is 2.29. The molecule has 0 radical (unpaired) electrons. The van der Waals surface area contributed by atoms with E-state index in [0.29, 0.717) is 5.02 Å². The summed E-state index contributed by atoms with van der Waals surface area (Å²) in [6, 6.07) is 5.95. The molecule has 1 aliphatic carbocycles. The van der Waals surface area contributed by atoms with Crippen molar-refractivity contribution >= 4 is 17.3 Å². The van der Waals surface area contributed by atoms with Crippen LogP contribution in [0.15, 0.2) is 18.2 Å². The third kappa shape index (κ3) is 3.87. The lowest BCUT2D eigenvalue weighted by molar-refractivity contribution is 0.199. The monoisotopic (exact) mass is 281 g/mol. The van der Waals surface area contributed by atoms with Crippen molar-refractivity contribution in [2.45, 2.75) is 45.1 Å². The molecule has 0 spiro atoms. The summed E-state index contributed by atoms with van der Waals surface area (Å²) in [7, 11) is 2.13. The zero-order valence-corrected chi connectivity index (χ0v) is 12.7. The molecule has 0 amide bonds. The average molecular weight is 282 g/mol. The summed E-state index contributed by atoms with van der Waals surface area (Å²) in [5, 5.41) is 10.3. The first-order chi connectivity index (χ1) is 9.08. The van der Waals surface area contributed by atoms with Crippen LogP contribution in [-0.4, -0.2) is 18.7 Å². The summed E-state index contributed by atoms with van der Waals surface area (Å²) in [6.07, 6.45) is 6.34. The summed E-state index contributed by atoms with van der Waals surface area (Å²) < 4.78 is 0. The molecule has 0 heterocycles. The molecule has 19 heavy (non-hydrogen) atoms. The Morgan fingerprint density at radius 3 is 2.58 bits per heavy atom. The molecule has 1 N–H and O–H groups in total. The molecule has 1 aliphatic rings. The van der Waals surface area contributed by atoms with E-state index < -0.39 is 6.10 Å². The normalized spacial score (nSPS) is 18.3. The van der Waals surface area contributed by atoms with Crippen molar-refractivity contribution in [1.29, 1.82) is 0 Å². The molecule has 2 rings (SSSR count). The first-order valence-corrected chi connectivity index (χ1v) is 7.64. The minimum Gasteiger partial charge on any atom is -0.389 e. The summed E-state index contributed by atoms with van der Waals surface area (Å²) >= 11 is 6.22. The van der Waals surface area contributed by atoms with Crippen molar-refractivity contribution in [3.05, 3.63) is 28.8 Å². The van der Waals surface area contributed by atoms with Gasteiger partial charge in [0.15, 0.2) is 0 Å². The highest BCUT2D eigenvalue weighted by atomic mass is 35.5. The highest BCUT2D eigenvalue weighted by Gasteiger charge is 2.16. The molecule has 0 aliphatic heterocycles. The van der Waals surface area contributed by atoms with Crippen molar-refractivity contribution in [3.63, 3.8) is 0 Å². The van der Waals surface area contributed by atoms with Gasteiger partial charge in [0.25, 0.3) is 0 Å². The molecule has 3 heteroatoms. The van der Waals surface area contributed by atoms with Crippen LogP contribution in [0, 0.1) is 5.92 Å². The van der Waals surface area contributed by atoms with Crippen LogP contribution in [0.2, 0.25) is 5.02 Å². The zero-order chi connectivity index (χ0) is 13.8. The van der Waals surface area contributed by atoms with Gasteiger partial charge in [0.1, 0.15) is 0 Å². The first-order valence-electron chi connectivity index (χ1n) is 7.26. The van der Waals surface area contributed by atoms with E-state index in [1.54, 1.807) is 6.92 Å². The van der Waals surface area contributed by atoms with E-state index >= 15 is 0 Å². The maximum Gasteiger partial charge on any atom is 0.0776 e. The molecule has 1 atom stereocenters. The van der Waals surface area contributed by atoms with Gasteiger partial charge in [-0.15, -0.1) is 0 Å². The second-order valence-electron chi connectivity index (χ2n) is 5.77. The van der Waals surface area contributed by atoms with Crippen molar-refractivity contribution in [3.8, 4) is 0 Å². The zero-order valence-electron chi connectivity index (χ0n) is 11.9. The SMILES string of the molecule is CC(O)c1ccc(N(C)CC2CCCCC2)cc1Cl. The van der Waals surface area contributed by atoms with E-state index in [0.717, 1.165) is 23.7 Å². The molecule has 1 unspecified atom stereocenters. The lowest BCUT2D eigenvalue weighted by atomic mass is 9.89. The number of aliphatic hydroxyl groups is 1. The predicted octanol–water partition coefficient (Wildman–Crippen LogP) is 4.41. The quantitative estimate of drug-likeness (QED) is 0.884. The third-order valence-corrected chi connectivity index (χ3v) is 4.46. The van der Waals surface area contributed by atoms with Crippen LogP contribution in [-0.2, 0) is 0 Å². The summed E-state index contributed by atoms with van der Waals surface area (Å²) in [4.78, 5) is 2.29. The van der Waals surface area contributed by atoms with Gasteiger partial charge in [-0.1, -0.05) is 36.9 Å². The van der Waals surface area contributed by atoms with Crippen LogP contribution in [0.5, 0.6) is 0 Å². The molecule has 1 fully saturated rings. The minimum absolute atomic E-state index is 0.509. The van der Waals surface area contributed by atoms with Gasteiger partial charge in [-0.25, -0.2) is 0 Å². The van der Waals surface area contributed by atoms with Gasteiger partial charge in [0.2, 0.25) is 0 Å². The van der Waals surface area contributed by atoms with E-state index in [9.17, 15) is 5.11 Å². The number of benzene rings is 1. The van der Waals surface area contributed by atoms with Gasteiger partial charge in [-0.05, 0) is 43.4 Å². The van der Waals surface area contributed by atoms with Crippen molar-refractivity contribution in [1.82, 2.24) is 0 Å². The maximum atomic E-state index is 9.60. The smallest absolute Gasteiger partial charge is 0.0776 e. The van der Waals surface area contributed by atoms with E-state index in [1.165, 1.54) is 32.1 Å². The Kier molecular flexibility index (Phi) is 5.12. The molecule has 1 aromatic rings. The first kappa shape index (κ1) is 14.7. The molecule has 0 bridgehead atoms. The number of hydrogen-bond acceptors (Lipinski definition) is 2. The topological polar surface area (TPSA) is 23.5 Å². The van der Waals surface area contributed by atoms with Gasteiger partial charge < -0.3 is 10.0 Å². The fraction of sp³-hybridized carbons (Fsp3) is 0.625. The number of nitrogens with zero attached hydrogens (tertiary/aromatic N) is 1. The van der Waals surface area contributed by atoms with Gasteiger partial charge in [0, 0.05) is 24.3 Å². The highest BCUT2D eigenvalue weighted by molar-refractivity contribution is 6.31. The van der Waals surface area contributed by atoms with Crippen LogP contribution in [0.3, 0.4) is 0 Å². The summed E-state index contributed by atoms with van der Waals surface area (Å²) in [5.74, 6) is 0.814. The van der Waals surface area contributed by atoms with E-state index in [4.69, 9.17) is 11.6 Å². The molecule has 106 valence electrons. The molecule has 0 saturated heterocycles. The maximum absolute atomic E-state index is 9.60. The van der Waals surface area contributed by atoms with Gasteiger partial charge in [0.05, 0.1) is 6.10 Å². The Bertz CT molecular complexity index is 413. The van der Waals surface area contributed by atoms with Crippen LogP contribution in [0.4, 0.5) is 5.69 Å². The van der Waals surface area contributed by atoms with Crippen molar-refractivity contribution in [2.75, 3.05) is 18.5 Å². The third-order valence-electron chi connectivity index (χ3n) is 4.13. The Balaban J connectivity index is 2.02. The number of hydrogen-bond donors (Lipinski definition) is 1. The Hall–Kier alpha value is -0.730. The molecule has 0 aromatic heterocycles. The van der Waals surface area contributed by atoms with Crippen LogP contribution in [0.1, 0.15) is 50.7 Å². The van der Waals surface area contributed by atoms with Gasteiger partial charge in [-0.3, -0.25) is 0 Å². The second-order valence-corrected chi connectivity index (χ2v) is 6.17. The molecule has 1 saturated carbocycles. The van der Waals surface area contributed by atoms with Crippen molar-refractivity contribution < 1.29 is 5.11 Å². The van der Waals surface area contributed by atoms with E-state index in [1.807, 2.05) is 12.1 Å². The minimum atomic E-state index is -0.509. The van der Waals surface area contributed by atoms with Crippen LogP contribution in [0.25, 0.3) is 0 Å². The Morgan fingerprint density at radius 1 is 1.32 bits per heavy atom. The van der Waals surface area contributed by atoms with Crippen molar-refractivity contribution in [2.24, 2.45) is 5.92 Å². The number of aliphatic hydroxyl groups excluding tert-OH is 1. The number of rotatable bonds is 4. The Labute approximate surface area is 121 Å². The fourth-order valence-electron chi connectivity index (χ4n) is 2.95. The second kappa shape index (κ2) is 6.62. The molecular formula is C16H24ClNO. The van der Waals surface area contributed by atoms with Gasteiger partial charge >= 0.3 is 0 Å². The average Bonchev–Trinajstić information content (AvgIpc) is 2.39. The van der Waals surface area contributed by atoms with E-state index in [2.05, 4.69) is 18.0 Å². The standard InChI is InChI=1S/C16H24ClNO/c1-12(19)15-9-8-14(10-16(15)17)18(2)11-13-6-4-3-5-7-13/h8-10,12-13,19H,3-7,11H2,1-2H3. The largest absolute Gasteiger partial charge is 0.389 e. The lowest BCUT2D eigenvalue weighted by Crippen LogP contribution is -2.26.